The lowest BCUT2D eigenvalue weighted by molar-refractivity contribution is -0.291. The highest BCUT2D eigenvalue weighted by Crippen LogP contribution is 2.21. The number of aliphatic hydroxyl groups is 4. The van der Waals surface area contributed by atoms with E-state index in [1.165, 1.54) is 7.11 Å². The van der Waals surface area contributed by atoms with Crippen molar-refractivity contribution in [2.45, 2.75) is 30.7 Å². The Morgan fingerprint density at radius 3 is 2.31 bits per heavy atom. The number of hydrogen-bond acceptors (Lipinski definition) is 6. The minimum absolute atomic E-state index is 0.467. The summed E-state index contributed by atoms with van der Waals surface area (Å²) in [5.74, 6) is 0. The zero-order valence-corrected chi connectivity index (χ0v) is 7.20. The van der Waals surface area contributed by atoms with Crippen LogP contribution in [-0.4, -0.2) is 64.8 Å². The molecular weight excluding hydrogens is 180 g/mol. The maximum atomic E-state index is 9.38. The first-order valence-corrected chi connectivity index (χ1v) is 3.95. The average Bonchev–Trinajstić information content (AvgIpc) is 2.12. The van der Waals surface area contributed by atoms with Crippen molar-refractivity contribution >= 4 is 0 Å². The van der Waals surface area contributed by atoms with Crippen molar-refractivity contribution in [3.05, 3.63) is 0 Å². The van der Waals surface area contributed by atoms with Crippen molar-refractivity contribution < 1.29 is 29.9 Å². The molecule has 5 atom stereocenters. The van der Waals surface area contributed by atoms with Crippen LogP contribution in [0, 0.1) is 0 Å². The highest BCUT2D eigenvalue weighted by atomic mass is 16.7. The monoisotopic (exact) mass is 194 g/mol. The van der Waals surface area contributed by atoms with Crippen LogP contribution in [0.2, 0.25) is 0 Å². The first-order chi connectivity index (χ1) is 6.11. The Labute approximate surface area is 75.3 Å². The molecule has 1 aliphatic heterocycles. The molecule has 4 N–H and O–H groups in total. The normalized spacial score (nSPS) is 46.4. The van der Waals surface area contributed by atoms with E-state index in [1.54, 1.807) is 0 Å². The van der Waals surface area contributed by atoms with Gasteiger partial charge in [0.05, 0.1) is 6.61 Å². The Kier molecular flexibility index (Phi) is 3.60. The van der Waals surface area contributed by atoms with Crippen LogP contribution in [0.1, 0.15) is 0 Å². The van der Waals surface area contributed by atoms with Crippen LogP contribution >= 0.6 is 0 Å². The summed E-state index contributed by atoms with van der Waals surface area (Å²) in [7, 11) is 1.28. The smallest absolute Gasteiger partial charge is 0.184 e. The Morgan fingerprint density at radius 1 is 1.23 bits per heavy atom. The quantitative estimate of drug-likeness (QED) is 0.386. The van der Waals surface area contributed by atoms with E-state index in [0.29, 0.717) is 0 Å². The number of rotatable bonds is 2. The zero-order chi connectivity index (χ0) is 10.0. The van der Waals surface area contributed by atoms with Gasteiger partial charge in [0.15, 0.2) is 6.29 Å². The summed E-state index contributed by atoms with van der Waals surface area (Å²) in [6.07, 6.45) is -5.81. The molecular formula is C7H14O6. The fraction of sp³-hybridized carbons (Fsp3) is 1.00. The molecule has 0 aromatic rings. The minimum atomic E-state index is -1.33. The molecule has 0 aromatic heterocycles. The zero-order valence-electron chi connectivity index (χ0n) is 7.20. The molecule has 0 spiro atoms. The number of aliphatic hydroxyl groups excluding tert-OH is 4. The van der Waals surface area contributed by atoms with Crippen molar-refractivity contribution in [1.29, 1.82) is 0 Å². The predicted octanol–water partition coefficient (Wildman–Crippen LogP) is -2.57. The molecule has 0 unspecified atom stereocenters. The van der Waals surface area contributed by atoms with E-state index in [4.69, 9.17) is 14.6 Å². The molecule has 6 nitrogen and oxygen atoms in total. The van der Waals surface area contributed by atoms with E-state index in [9.17, 15) is 15.3 Å². The summed E-state index contributed by atoms with van der Waals surface area (Å²) in [5.41, 5.74) is 0. The Morgan fingerprint density at radius 2 is 1.85 bits per heavy atom. The third-order valence-corrected chi connectivity index (χ3v) is 2.11. The largest absolute Gasteiger partial charge is 0.394 e. The lowest BCUT2D eigenvalue weighted by atomic mass is 9.99. The maximum Gasteiger partial charge on any atom is 0.184 e. The van der Waals surface area contributed by atoms with Gasteiger partial charge in [-0.05, 0) is 0 Å². The summed E-state index contributed by atoms with van der Waals surface area (Å²) >= 11 is 0. The van der Waals surface area contributed by atoms with Crippen molar-refractivity contribution in [1.82, 2.24) is 0 Å². The fourth-order valence-corrected chi connectivity index (χ4v) is 1.33. The molecule has 0 amide bonds. The van der Waals surface area contributed by atoms with E-state index in [2.05, 4.69) is 0 Å². The second-order valence-corrected chi connectivity index (χ2v) is 2.93. The average molecular weight is 194 g/mol. The van der Waals surface area contributed by atoms with E-state index < -0.39 is 37.3 Å². The van der Waals surface area contributed by atoms with Crippen molar-refractivity contribution in [2.75, 3.05) is 13.7 Å². The van der Waals surface area contributed by atoms with Crippen molar-refractivity contribution in [3.63, 3.8) is 0 Å². The minimum Gasteiger partial charge on any atom is -0.394 e. The fourth-order valence-electron chi connectivity index (χ4n) is 1.33. The topological polar surface area (TPSA) is 99.4 Å². The van der Waals surface area contributed by atoms with E-state index in [-0.39, 0.29) is 0 Å². The summed E-state index contributed by atoms with van der Waals surface area (Å²) in [4.78, 5) is 0. The predicted molar refractivity (Wildman–Crippen MR) is 40.8 cm³/mol. The molecule has 0 radical (unpaired) electrons. The third kappa shape index (κ3) is 1.98. The molecule has 1 aliphatic rings. The van der Waals surface area contributed by atoms with Gasteiger partial charge in [-0.15, -0.1) is 0 Å². The number of methoxy groups -OCH3 is 1. The lowest BCUT2D eigenvalue weighted by Gasteiger charge is -2.39. The third-order valence-electron chi connectivity index (χ3n) is 2.11. The highest BCUT2D eigenvalue weighted by molar-refractivity contribution is 4.88. The van der Waals surface area contributed by atoms with Gasteiger partial charge in [0.1, 0.15) is 24.4 Å². The van der Waals surface area contributed by atoms with Crippen LogP contribution in [0.25, 0.3) is 0 Å². The van der Waals surface area contributed by atoms with Crippen LogP contribution in [0.5, 0.6) is 0 Å². The molecule has 0 aliphatic carbocycles. The molecule has 0 bridgehead atoms. The molecule has 0 saturated carbocycles. The Bertz CT molecular complexity index is 163. The van der Waals surface area contributed by atoms with Crippen molar-refractivity contribution in [2.24, 2.45) is 0 Å². The van der Waals surface area contributed by atoms with Gasteiger partial charge < -0.3 is 29.9 Å². The molecule has 1 heterocycles. The second-order valence-electron chi connectivity index (χ2n) is 2.93. The van der Waals surface area contributed by atoms with Gasteiger partial charge in [-0.3, -0.25) is 0 Å². The van der Waals surface area contributed by atoms with Crippen LogP contribution < -0.4 is 0 Å². The molecule has 1 fully saturated rings. The first-order valence-electron chi connectivity index (χ1n) is 3.95. The van der Waals surface area contributed by atoms with Gasteiger partial charge in [-0.1, -0.05) is 0 Å². The van der Waals surface area contributed by atoms with Gasteiger partial charge in [0.2, 0.25) is 0 Å². The van der Waals surface area contributed by atoms with Crippen molar-refractivity contribution in [3.8, 4) is 0 Å². The number of hydrogen-bond donors (Lipinski definition) is 4. The van der Waals surface area contributed by atoms with Crippen LogP contribution in [0.15, 0.2) is 0 Å². The summed E-state index contributed by atoms with van der Waals surface area (Å²) in [6.45, 7) is -0.467. The van der Waals surface area contributed by atoms with Gasteiger partial charge in [-0.2, -0.15) is 0 Å². The molecule has 1 saturated heterocycles. The van der Waals surface area contributed by atoms with Gasteiger partial charge in [0, 0.05) is 7.11 Å². The standard InChI is InChI=1S/C7H14O6/c1-12-6-5(10)4(9)3(2-8)13-7(6)11/h3-11H,2H2,1H3/t3-,4+,5-,6-,7-/m0/s1. The summed E-state index contributed by atoms with van der Waals surface area (Å²) in [5, 5.41) is 36.7. The van der Waals surface area contributed by atoms with Crippen LogP contribution in [0.3, 0.4) is 0 Å². The van der Waals surface area contributed by atoms with Gasteiger partial charge in [0.25, 0.3) is 0 Å². The molecule has 78 valence electrons. The molecule has 1 rings (SSSR count). The summed E-state index contributed by atoms with van der Waals surface area (Å²) in [6, 6.07) is 0. The molecule has 0 aromatic carbocycles. The van der Waals surface area contributed by atoms with Crippen LogP contribution in [-0.2, 0) is 9.47 Å². The number of ether oxygens (including phenoxy) is 2. The van der Waals surface area contributed by atoms with Crippen LogP contribution in [0.4, 0.5) is 0 Å². The van der Waals surface area contributed by atoms with E-state index in [0.717, 1.165) is 0 Å². The molecule has 6 heteroatoms. The van der Waals surface area contributed by atoms with Gasteiger partial charge >= 0.3 is 0 Å². The molecule has 13 heavy (non-hydrogen) atoms. The van der Waals surface area contributed by atoms with Gasteiger partial charge in [-0.25, -0.2) is 0 Å². The first kappa shape index (κ1) is 10.8. The lowest BCUT2D eigenvalue weighted by Crippen LogP contribution is -2.59. The van der Waals surface area contributed by atoms with E-state index in [1.807, 2.05) is 0 Å². The Balaban J connectivity index is 2.66. The SMILES string of the molecule is CO[C@H]1[C@@H](O)[C@H](O)[C@H](CO)O[C@@H]1O. The Hall–Kier alpha value is -0.240. The second kappa shape index (κ2) is 4.32. The summed E-state index contributed by atoms with van der Waals surface area (Å²) < 4.78 is 9.50. The van der Waals surface area contributed by atoms with E-state index >= 15 is 0 Å². The highest BCUT2D eigenvalue weighted by Gasteiger charge is 2.43. The maximum absolute atomic E-state index is 9.38.